The largest absolute Gasteiger partial charge is 0.497 e. The molecule has 0 spiro atoms. The van der Waals surface area contributed by atoms with Gasteiger partial charge in [0.1, 0.15) is 17.6 Å². The number of hydrogen-bond acceptors (Lipinski definition) is 5. The standard InChI is InChI=1S/C27H38FN3O5S/c1-5-7-18-29-27(33)25(6-2)30(20-21-10-12-22(28)13-11-21)26(32)9-8-19-31(37(4,34)35)23-14-16-24(36-3)17-15-23/h10-17,25H,5-9,18-20H2,1-4H3,(H,29,33)/t25-/m1/s1. The number of hydrogen-bond donors (Lipinski definition) is 1. The summed E-state index contributed by atoms with van der Waals surface area (Å²) in [5.41, 5.74) is 1.17. The van der Waals surface area contributed by atoms with Gasteiger partial charge >= 0.3 is 0 Å². The Morgan fingerprint density at radius 1 is 1.03 bits per heavy atom. The van der Waals surface area contributed by atoms with Crippen LogP contribution in [0.2, 0.25) is 0 Å². The van der Waals surface area contributed by atoms with E-state index in [1.54, 1.807) is 36.4 Å². The van der Waals surface area contributed by atoms with Gasteiger partial charge in [-0.25, -0.2) is 12.8 Å². The van der Waals surface area contributed by atoms with Crippen LogP contribution < -0.4 is 14.4 Å². The number of amides is 2. The smallest absolute Gasteiger partial charge is 0.242 e. The molecule has 1 atom stereocenters. The Balaban J connectivity index is 2.18. The van der Waals surface area contributed by atoms with Crippen molar-refractivity contribution in [2.45, 2.75) is 58.5 Å². The van der Waals surface area contributed by atoms with Gasteiger partial charge in [-0.15, -0.1) is 0 Å². The van der Waals surface area contributed by atoms with E-state index in [1.165, 1.54) is 28.4 Å². The van der Waals surface area contributed by atoms with Crippen LogP contribution in [0.5, 0.6) is 5.75 Å². The van der Waals surface area contributed by atoms with E-state index in [2.05, 4.69) is 5.32 Å². The molecule has 1 N–H and O–H groups in total. The monoisotopic (exact) mass is 535 g/mol. The fourth-order valence-electron chi connectivity index (χ4n) is 3.96. The van der Waals surface area contributed by atoms with E-state index >= 15 is 0 Å². The number of methoxy groups -OCH3 is 1. The summed E-state index contributed by atoms with van der Waals surface area (Å²) in [6.07, 6.45) is 3.59. The molecule has 2 rings (SSSR count). The molecule has 0 saturated carbocycles. The molecule has 0 bridgehead atoms. The number of nitrogens with one attached hydrogen (secondary N) is 1. The number of carbonyl (C=O) groups excluding carboxylic acids is 2. The van der Waals surface area contributed by atoms with Gasteiger partial charge in [-0.2, -0.15) is 0 Å². The van der Waals surface area contributed by atoms with Gasteiger partial charge in [0.15, 0.2) is 0 Å². The van der Waals surface area contributed by atoms with Crippen molar-refractivity contribution in [3.63, 3.8) is 0 Å². The zero-order chi connectivity index (χ0) is 27.4. The van der Waals surface area contributed by atoms with E-state index < -0.39 is 16.1 Å². The van der Waals surface area contributed by atoms with E-state index in [0.717, 1.165) is 19.1 Å². The fraction of sp³-hybridized carbons (Fsp3) is 0.481. The summed E-state index contributed by atoms with van der Waals surface area (Å²) in [5, 5.41) is 2.90. The second-order valence-electron chi connectivity index (χ2n) is 8.85. The topological polar surface area (TPSA) is 96.0 Å². The van der Waals surface area contributed by atoms with E-state index in [1.807, 2.05) is 13.8 Å². The molecular weight excluding hydrogens is 497 g/mol. The number of nitrogens with zero attached hydrogens (tertiary/aromatic N) is 2. The minimum absolute atomic E-state index is 0.0438. The van der Waals surface area contributed by atoms with Gasteiger partial charge in [0, 0.05) is 26.1 Å². The molecule has 37 heavy (non-hydrogen) atoms. The van der Waals surface area contributed by atoms with Gasteiger partial charge in [0.25, 0.3) is 0 Å². The molecule has 8 nitrogen and oxygen atoms in total. The second-order valence-corrected chi connectivity index (χ2v) is 10.8. The molecule has 0 unspecified atom stereocenters. The first-order chi connectivity index (χ1) is 17.6. The van der Waals surface area contributed by atoms with E-state index in [9.17, 15) is 22.4 Å². The number of halogens is 1. The molecule has 0 saturated heterocycles. The lowest BCUT2D eigenvalue weighted by atomic mass is 10.1. The van der Waals surface area contributed by atoms with Crippen molar-refractivity contribution in [3.05, 3.63) is 59.9 Å². The average Bonchev–Trinajstić information content (AvgIpc) is 2.87. The van der Waals surface area contributed by atoms with Gasteiger partial charge in [0.2, 0.25) is 21.8 Å². The lowest BCUT2D eigenvalue weighted by molar-refractivity contribution is -0.141. The summed E-state index contributed by atoms with van der Waals surface area (Å²) in [6, 6.07) is 11.8. The first-order valence-corrected chi connectivity index (χ1v) is 14.4. The summed E-state index contributed by atoms with van der Waals surface area (Å²) in [6.45, 7) is 4.63. The Labute approximate surface area is 219 Å². The molecule has 0 aliphatic heterocycles. The van der Waals surface area contributed by atoms with Crippen molar-refractivity contribution >= 4 is 27.5 Å². The molecule has 0 fully saturated rings. The third-order valence-electron chi connectivity index (χ3n) is 5.99. The molecule has 10 heteroatoms. The van der Waals surface area contributed by atoms with E-state index in [4.69, 9.17) is 4.74 Å². The molecule has 2 aromatic carbocycles. The number of rotatable bonds is 15. The fourth-order valence-corrected chi connectivity index (χ4v) is 4.93. The zero-order valence-corrected chi connectivity index (χ0v) is 22.9. The van der Waals surface area contributed by atoms with Gasteiger partial charge in [-0.3, -0.25) is 13.9 Å². The highest BCUT2D eigenvalue weighted by molar-refractivity contribution is 7.92. The summed E-state index contributed by atoms with van der Waals surface area (Å²) in [5.74, 6) is -0.288. The maximum atomic E-state index is 13.4. The molecule has 0 aromatic heterocycles. The minimum Gasteiger partial charge on any atom is -0.497 e. The normalized spacial score (nSPS) is 12.0. The number of carbonyl (C=O) groups is 2. The molecule has 0 aliphatic carbocycles. The predicted octanol–water partition coefficient (Wildman–Crippen LogP) is 4.10. The third-order valence-corrected chi connectivity index (χ3v) is 7.19. The van der Waals surface area contributed by atoms with Crippen LogP contribution in [-0.4, -0.2) is 57.6 Å². The summed E-state index contributed by atoms with van der Waals surface area (Å²) in [4.78, 5) is 27.8. The van der Waals surface area contributed by atoms with E-state index in [-0.39, 0.29) is 43.6 Å². The van der Waals surface area contributed by atoms with Crippen LogP contribution >= 0.6 is 0 Å². The van der Waals surface area contributed by atoms with Crippen LogP contribution in [0.1, 0.15) is 51.5 Å². The molecular formula is C27H38FN3O5S. The molecule has 0 radical (unpaired) electrons. The van der Waals surface area contributed by atoms with Gasteiger partial charge < -0.3 is 15.0 Å². The number of unbranched alkanes of at least 4 members (excludes halogenated alkanes) is 1. The number of anilines is 1. The quantitative estimate of drug-likeness (QED) is 0.347. The first-order valence-electron chi connectivity index (χ1n) is 12.5. The van der Waals surface area contributed by atoms with Gasteiger partial charge in [-0.05, 0) is 61.2 Å². The van der Waals surface area contributed by atoms with Gasteiger partial charge in [-0.1, -0.05) is 32.4 Å². The summed E-state index contributed by atoms with van der Waals surface area (Å²) in [7, 11) is -2.06. The van der Waals surface area contributed by atoms with Crippen LogP contribution in [0.25, 0.3) is 0 Å². The maximum Gasteiger partial charge on any atom is 0.242 e. The molecule has 2 amide bonds. The highest BCUT2D eigenvalue weighted by Crippen LogP contribution is 2.22. The van der Waals surface area contributed by atoms with Crippen LogP contribution in [-0.2, 0) is 26.2 Å². The minimum atomic E-state index is -3.59. The zero-order valence-electron chi connectivity index (χ0n) is 22.1. The lowest BCUT2D eigenvalue weighted by Crippen LogP contribution is -2.49. The van der Waals surface area contributed by atoms with Crippen molar-refractivity contribution in [2.24, 2.45) is 0 Å². The number of sulfonamides is 1. The first kappa shape index (κ1) is 30.1. The van der Waals surface area contributed by atoms with Crippen molar-refractivity contribution in [1.29, 1.82) is 0 Å². The summed E-state index contributed by atoms with van der Waals surface area (Å²) >= 11 is 0. The Morgan fingerprint density at radius 3 is 2.22 bits per heavy atom. The Hall–Kier alpha value is -3.14. The molecule has 0 aliphatic rings. The molecule has 0 heterocycles. The molecule has 204 valence electrons. The van der Waals surface area contributed by atoms with Crippen molar-refractivity contribution < 1.29 is 27.1 Å². The average molecular weight is 536 g/mol. The Morgan fingerprint density at radius 2 is 1.68 bits per heavy atom. The summed E-state index contributed by atoms with van der Waals surface area (Å²) < 4.78 is 44.7. The highest BCUT2D eigenvalue weighted by atomic mass is 32.2. The SMILES string of the molecule is CCCCNC(=O)[C@@H](CC)N(Cc1ccc(F)cc1)C(=O)CCCN(c1ccc(OC)cc1)S(C)(=O)=O. The predicted molar refractivity (Wildman–Crippen MR) is 143 cm³/mol. The number of benzene rings is 2. The Bertz CT molecular complexity index is 1110. The van der Waals surface area contributed by atoms with E-state index in [0.29, 0.717) is 30.0 Å². The second kappa shape index (κ2) is 14.6. The van der Waals surface area contributed by atoms with Crippen LogP contribution in [0.3, 0.4) is 0 Å². The van der Waals surface area contributed by atoms with Gasteiger partial charge in [0.05, 0.1) is 19.1 Å². The Kier molecular flexibility index (Phi) is 11.8. The lowest BCUT2D eigenvalue weighted by Gasteiger charge is -2.31. The van der Waals surface area contributed by atoms with Crippen molar-refractivity contribution in [2.75, 3.05) is 30.8 Å². The number of ether oxygens (including phenoxy) is 1. The maximum absolute atomic E-state index is 13.4. The highest BCUT2D eigenvalue weighted by Gasteiger charge is 2.28. The molecule has 2 aromatic rings. The van der Waals surface area contributed by atoms with Crippen LogP contribution in [0.15, 0.2) is 48.5 Å². The van der Waals surface area contributed by atoms with Crippen molar-refractivity contribution in [1.82, 2.24) is 10.2 Å². The van der Waals surface area contributed by atoms with Crippen molar-refractivity contribution in [3.8, 4) is 5.75 Å². The van der Waals surface area contributed by atoms with Crippen LogP contribution in [0, 0.1) is 5.82 Å². The third kappa shape index (κ3) is 9.35. The van der Waals surface area contributed by atoms with Crippen LogP contribution in [0.4, 0.5) is 10.1 Å².